The zero-order valence-corrected chi connectivity index (χ0v) is 15.9. The minimum Gasteiger partial charge on any atom is -0.547 e. The summed E-state index contributed by atoms with van der Waals surface area (Å²) in [4.78, 5) is 30.3. The molecule has 0 aliphatic heterocycles. The molecular formula is C6H5Na3O9. The van der Waals surface area contributed by atoms with Crippen molar-refractivity contribution >= 4 is 17.9 Å². The van der Waals surface area contributed by atoms with E-state index in [1.165, 1.54) is 0 Å². The van der Waals surface area contributed by atoms with E-state index >= 15 is 0 Å². The van der Waals surface area contributed by atoms with Crippen LogP contribution in [0, 0.1) is 0 Å². The third-order valence-electron chi connectivity index (χ3n) is 1.59. The van der Waals surface area contributed by atoms with Gasteiger partial charge in [-0.1, -0.05) is 0 Å². The van der Waals surface area contributed by atoms with Crippen molar-refractivity contribution in [2.24, 2.45) is 0 Å². The van der Waals surface area contributed by atoms with Gasteiger partial charge in [0.15, 0.2) is 5.60 Å². The number of carbonyl (C=O) groups excluding carboxylic acids is 3. The van der Waals surface area contributed by atoms with Gasteiger partial charge in [-0.15, -0.1) is 0 Å². The minimum absolute atomic E-state index is 0. The molecule has 3 N–H and O–H groups in total. The summed E-state index contributed by atoms with van der Waals surface area (Å²) in [6, 6.07) is 0. The van der Waals surface area contributed by atoms with E-state index in [2.05, 4.69) is 0 Å². The molecule has 0 spiro atoms. The molecule has 0 aromatic heterocycles. The van der Waals surface area contributed by atoms with Crippen molar-refractivity contribution in [3.8, 4) is 0 Å². The van der Waals surface area contributed by atoms with Crippen molar-refractivity contribution < 1.29 is 134 Å². The number of carbonyl (C=O) groups is 3. The fourth-order valence-corrected chi connectivity index (χ4v) is 0.682. The molecule has 2 atom stereocenters. The molecule has 9 nitrogen and oxygen atoms in total. The van der Waals surface area contributed by atoms with Crippen LogP contribution in [0.2, 0.25) is 0 Å². The first-order valence-electron chi connectivity index (χ1n) is 3.38. The summed E-state index contributed by atoms with van der Waals surface area (Å²) < 4.78 is 0. The molecule has 0 saturated heterocycles. The molecule has 18 heavy (non-hydrogen) atoms. The Hall–Kier alpha value is 1.29. The topological polar surface area (TPSA) is 181 Å². The summed E-state index contributed by atoms with van der Waals surface area (Å²) in [5.41, 5.74) is -4.04. The van der Waals surface area contributed by atoms with Gasteiger partial charge in [0.05, 0.1) is 17.9 Å². The van der Waals surface area contributed by atoms with Crippen LogP contribution in [0.5, 0.6) is 0 Å². The van der Waals surface area contributed by atoms with Crippen LogP contribution in [-0.4, -0.2) is 51.0 Å². The average molecular weight is 290 g/mol. The Morgan fingerprint density at radius 2 is 1.17 bits per heavy atom. The number of aliphatic hydroxyl groups is 3. The Morgan fingerprint density at radius 3 is 1.33 bits per heavy atom. The molecule has 0 aromatic rings. The van der Waals surface area contributed by atoms with Gasteiger partial charge in [0.1, 0.15) is 12.2 Å². The van der Waals surface area contributed by atoms with Crippen molar-refractivity contribution in [1.29, 1.82) is 0 Å². The first-order chi connectivity index (χ1) is 6.65. The molecular weight excluding hydrogens is 285 g/mol. The van der Waals surface area contributed by atoms with Gasteiger partial charge in [0.25, 0.3) is 0 Å². The second-order valence-corrected chi connectivity index (χ2v) is 2.55. The van der Waals surface area contributed by atoms with Crippen LogP contribution in [0.3, 0.4) is 0 Å². The molecule has 0 bridgehead atoms. The van der Waals surface area contributed by atoms with Gasteiger partial charge in [-0.2, -0.15) is 0 Å². The van der Waals surface area contributed by atoms with Crippen LogP contribution in [0.1, 0.15) is 0 Å². The molecule has 0 heterocycles. The molecule has 86 valence electrons. The molecule has 0 aliphatic carbocycles. The van der Waals surface area contributed by atoms with Crippen molar-refractivity contribution in [2.45, 2.75) is 17.8 Å². The fourth-order valence-electron chi connectivity index (χ4n) is 0.682. The predicted molar refractivity (Wildman–Crippen MR) is 32.0 cm³/mol. The summed E-state index contributed by atoms with van der Waals surface area (Å²) in [6.45, 7) is 0. The second kappa shape index (κ2) is 11.0. The third kappa shape index (κ3) is 6.16. The Labute approximate surface area is 167 Å². The number of aliphatic hydroxyl groups excluding tert-OH is 2. The summed E-state index contributed by atoms with van der Waals surface area (Å²) >= 11 is 0. The van der Waals surface area contributed by atoms with Crippen molar-refractivity contribution in [3.63, 3.8) is 0 Å². The smallest absolute Gasteiger partial charge is 0.547 e. The zero-order chi connectivity index (χ0) is 12.4. The number of carboxylic acid groups (broad SMARTS) is 3. The predicted octanol–water partition coefficient (Wildman–Crippen LogP) is -16.3. The number of rotatable bonds is 5. The maximum Gasteiger partial charge on any atom is 1.00 e. The van der Waals surface area contributed by atoms with Crippen LogP contribution in [0.15, 0.2) is 0 Å². The summed E-state index contributed by atoms with van der Waals surface area (Å²) in [6.07, 6.45) is -6.01. The van der Waals surface area contributed by atoms with Crippen molar-refractivity contribution in [3.05, 3.63) is 0 Å². The molecule has 0 radical (unpaired) electrons. The molecule has 0 aliphatic rings. The van der Waals surface area contributed by atoms with Gasteiger partial charge in [-0.05, 0) is 0 Å². The van der Waals surface area contributed by atoms with Crippen LogP contribution in [0.25, 0.3) is 0 Å². The molecule has 0 saturated carbocycles. The van der Waals surface area contributed by atoms with Gasteiger partial charge in [-0.25, -0.2) is 0 Å². The van der Waals surface area contributed by atoms with Gasteiger partial charge in [0, 0.05) is 0 Å². The van der Waals surface area contributed by atoms with Crippen LogP contribution < -0.4 is 104 Å². The van der Waals surface area contributed by atoms with E-state index in [-0.39, 0.29) is 88.7 Å². The fraction of sp³-hybridized carbons (Fsp3) is 0.500. The molecule has 0 unspecified atom stereocenters. The standard InChI is InChI=1S/C6H8O9.3Na/c7-1(3(9)10)2(8)6(15,4(11)12)5(13)14;;;/h1-2,7-8,15H,(H,9,10)(H,11,12)(H,13,14);;;/q;3*+1/p-3/t1-,2+;;;/m0.../s1. The van der Waals surface area contributed by atoms with E-state index in [1.54, 1.807) is 0 Å². The van der Waals surface area contributed by atoms with Crippen LogP contribution in [-0.2, 0) is 14.4 Å². The molecule has 0 rings (SSSR count). The monoisotopic (exact) mass is 290 g/mol. The third-order valence-corrected chi connectivity index (χ3v) is 1.59. The van der Waals surface area contributed by atoms with E-state index < -0.39 is 35.7 Å². The van der Waals surface area contributed by atoms with E-state index in [9.17, 15) is 29.7 Å². The number of hydrogen-bond donors (Lipinski definition) is 3. The summed E-state index contributed by atoms with van der Waals surface area (Å²) in [5.74, 6) is -7.82. The van der Waals surface area contributed by atoms with Crippen molar-refractivity contribution in [2.75, 3.05) is 0 Å². The summed E-state index contributed by atoms with van der Waals surface area (Å²) in [5, 5.41) is 56.5. The average Bonchev–Trinajstić information content (AvgIpc) is 2.13. The SMILES string of the molecule is O=C([O-])[C@@H](O)[C@@H](O)C(O)(C(=O)[O-])C(=O)[O-].[Na+].[Na+].[Na+]. The van der Waals surface area contributed by atoms with E-state index in [1.807, 2.05) is 0 Å². The second-order valence-electron chi connectivity index (χ2n) is 2.55. The Bertz CT molecular complexity index is 293. The Kier molecular flexibility index (Phi) is 16.9. The van der Waals surface area contributed by atoms with Crippen LogP contribution >= 0.6 is 0 Å². The summed E-state index contributed by atoms with van der Waals surface area (Å²) in [7, 11) is 0. The van der Waals surface area contributed by atoms with Gasteiger partial charge in [-0.3, -0.25) is 0 Å². The maximum atomic E-state index is 10.2. The Morgan fingerprint density at radius 1 is 0.889 bits per heavy atom. The first kappa shape index (κ1) is 27.6. The molecule has 0 fully saturated rings. The van der Waals surface area contributed by atoms with E-state index in [0.29, 0.717) is 0 Å². The quantitative estimate of drug-likeness (QED) is 0.327. The van der Waals surface area contributed by atoms with Gasteiger partial charge < -0.3 is 45.0 Å². The van der Waals surface area contributed by atoms with Gasteiger partial charge >= 0.3 is 88.7 Å². The maximum absolute atomic E-state index is 10.2. The normalized spacial score (nSPS) is 12.8. The van der Waals surface area contributed by atoms with Crippen LogP contribution in [0.4, 0.5) is 0 Å². The molecule has 0 amide bonds. The number of carboxylic acids is 3. The van der Waals surface area contributed by atoms with E-state index in [0.717, 1.165) is 0 Å². The van der Waals surface area contributed by atoms with Gasteiger partial charge in [0.2, 0.25) is 0 Å². The molecule has 0 aromatic carbocycles. The van der Waals surface area contributed by atoms with E-state index in [4.69, 9.17) is 15.3 Å². The Balaban J connectivity index is -0.000000327. The minimum atomic E-state index is -4.04. The molecule has 12 heteroatoms. The number of hydrogen-bond acceptors (Lipinski definition) is 9. The van der Waals surface area contributed by atoms with Crippen molar-refractivity contribution in [1.82, 2.24) is 0 Å². The number of aliphatic carboxylic acids is 3. The zero-order valence-electron chi connectivity index (χ0n) is 9.95. The largest absolute Gasteiger partial charge is 1.00 e. The first-order valence-corrected chi connectivity index (χ1v) is 3.38.